The summed E-state index contributed by atoms with van der Waals surface area (Å²) >= 11 is 3.22. The highest BCUT2D eigenvalue weighted by molar-refractivity contribution is 9.10. The lowest BCUT2D eigenvalue weighted by molar-refractivity contribution is 0.101. The molecular weight excluding hydrogens is 306 g/mol. The number of hydrogen-bond donors (Lipinski definition) is 1. The monoisotopic (exact) mass is 314 g/mol. The van der Waals surface area contributed by atoms with Gasteiger partial charge in [0.1, 0.15) is 23.0 Å². The maximum Gasteiger partial charge on any atom is 0.272 e. The third-order valence-corrected chi connectivity index (χ3v) is 2.84. The van der Waals surface area contributed by atoms with Crippen LogP contribution in [0.5, 0.6) is 0 Å². The molecular formula is C12H9BrF2N2O. The van der Waals surface area contributed by atoms with Crippen LogP contribution in [0.1, 0.15) is 10.5 Å². The predicted molar refractivity (Wildman–Crippen MR) is 67.4 cm³/mol. The van der Waals surface area contributed by atoms with Crippen LogP contribution in [0.25, 0.3) is 0 Å². The van der Waals surface area contributed by atoms with Gasteiger partial charge in [0, 0.05) is 17.7 Å². The second-order valence-corrected chi connectivity index (χ2v) is 4.62. The highest BCUT2D eigenvalue weighted by atomic mass is 79.9. The average molecular weight is 315 g/mol. The van der Waals surface area contributed by atoms with Crippen molar-refractivity contribution in [2.24, 2.45) is 7.05 Å². The second-order valence-electron chi connectivity index (χ2n) is 3.71. The Labute approximate surface area is 111 Å². The van der Waals surface area contributed by atoms with Gasteiger partial charge in [-0.25, -0.2) is 8.78 Å². The summed E-state index contributed by atoms with van der Waals surface area (Å²) in [6, 6.07) is 4.96. The Bertz CT molecular complexity index is 590. The number of aromatic nitrogens is 1. The first-order valence-electron chi connectivity index (χ1n) is 5.06. The second kappa shape index (κ2) is 4.89. The Morgan fingerprint density at radius 2 is 1.94 bits per heavy atom. The highest BCUT2D eigenvalue weighted by Gasteiger charge is 2.15. The van der Waals surface area contributed by atoms with Gasteiger partial charge in [-0.05, 0) is 34.1 Å². The van der Waals surface area contributed by atoms with Crippen molar-refractivity contribution < 1.29 is 13.6 Å². The first-order chi connectivity index (χ1) is 8.49. The molecule has 0 saturated carbocycles. The third-order valence-electron chi connectivity index (χ3n) is 2.41. The standard InChI is InChI=1S/C12H9BrF2N2O/c1-17-6-7(13)5-10(17)12(18)16-11-8(14)3-2-4-9(11)15/h2-6H,1H3,(H,16,18). The number of carbonyl (C=O) groups is 1. The van der Waals surface area contributed by atoms with Crippen LogP contribution in [-0.2, 0) is 7.05 Å². The Morgan fingerprint density at radius 1 is 1.33 bits per heavy atom. The van der Waals surface area contributed by atoms with Gasteiger partial charge >= 0.3 is 0 Å². The number of halogens is 3. The fourth-order valence-corrected chi connectivity index (χ4v) is 2.07. The van der Waals surface area contributed by atoms with Crippen molar-refractivity contribution in [1.82, 2.24) is 4.57 Å². The van der Waals surface area contributed by atoms with E-state index >= 15 is 0 Å². The third kappa shape index (κ3) is 2.43. The highest BCUT2D eigenvalue weighted by Crippen LogP contribution is 2.20. The molecule has 3 nitrogen and oxygen atoms in total. The molecule has 18 heavy (non-hydrogen) atoms. The van der Waals surface area contributed by atoms with Crippen LogP contribution in [0, 0.1) is 11.6 Å². The number of rotatable bonds is 2. The summed E-state index contributed by atoms with van der Waals surface area (Å²) in [5.41, 5.74) is -0.149. The van der Waals surface area contributed by atoms with Crippen LogP contribution in [0.4, 0.5) is 14.5 Å². The molecule has 0 atom stereocenters. The van der Waals surface area contributed by atoms with Crippen molar-refractivity contribution in [2.75, 3.05) is 5.32 Å². The van der Waals surface area contributed by atoms with Crippen LogP contribution in [0.3, 0.4) is 0 Å². The average Bonchev–Trinajstić information content (AvgIpc) is 2.63. The molecule has 0 radical (unpaired) electrons. The number of amides is 1. The maximum absolute atomic E-state index is 13.4. The smallest absolute Gasteiger partial charge is 0.272 e. The van der Waals surface area contributed by atoms with Gasteiger partial charge in [-0.15, -0.1) is 0 Å². The van der Waals surface area contributed by atoms with E-state index in [2.05, 4.69) is 21.2 Å². The van der Waals surface area contributed by atoms with E-state index in [1.54, 1.807) is 23.9 Å². The fraction of sp³-hybridized carbons (Fsp3) is 0.0833. The summed E-state index contributed by atoms with van der Waals surface area (Å²) in [7, 11) is 1.66. The van der Waals surface area contributed by atoms with E-state index < -0.39 is 23.2 Å². The first-order valence-corrected chi connectivity index (χ1v) is 5.85. The molecule has 6 heteroatoms. The van der Waals surface area contributed by atoms with E-state index in [0.29, 0.717) is 10.2 Å². The molecule has 1 N–H and O–H groups in total. The van der Waals surface area contributed by atoms with Crippen molar-refractivity contribution in [2.45, 2.75) is 0 Å². The van der Waals surface area contributed by atoms with E-state index in [4.69, 9.17) is 0 Å². The van der Waals surface area contributed by atoms with Crippen molar-refractivity contribution in [3.8, 4) is 0 Å². The summed E-state index contributed by atoms with van der Waals surface area (Å²) in [6.07, 6.45) is 1.67. The lowest BCUT2D eigenvalue weighted by Gasteiger charge is -2.07. The molecule has 0 fully saturated rings. The SMILES string of the molecule is Cn1cc(Br)cc1C(=O)Nc1c(F)cccc1F. The minimum Gasteiger partial charge on any atom is -0.345 e. The molecule has 1 aromatic carbocycles. The zero-order valence-corrected chi connectivity index (χ0v) is 11.0. The molecule has 0 bridgehead atoms. The molecule has 0 unspecified atom stereocenters. The fourth-order valence-electron chi connectivity index (χ4n) is 1.54. The van der Waals surface area contributed by atoms with E-state index in [9.17, 15) is 13.6 Å². The lowest BCUT2D eigenvalue weighted by Crippen LogP contribution is -2.17. The number of anilines is 1. The Balaban J connectivity index is 2.30. The van der Waals surface area contributed by atoms with Crippen LogP contribution < -0.4 is 5.32 Å². The largest absolute Gasteiger partial charge is 0.345 e. The molecule has 0 aliphatic heterocycles. The maximum atomic E-state index is 13.4. The van der Waals surface area contributed by atoms with Crippen molar-refractivity contribution in [3.05, 3.63) is 52.3 Å². The minimum absolute atomic E-state index is 0.296. The number of carbonyl (C=O) groups excluding carboxylic acids is 1. The van der Waals surface area contributed by atoms with Gasteiger partial charge in [-0.2, -0.15) is 0 Å². The summed E-state index contributed by atoms with van der Waals surface area (Å²) < 4.78 is 29.0. The zero-order valence-electron chi connectivity index (χ0n) is 9.38. The summed E-state index contributed by atoms with van der Waals surface area (Å²) in [4.78, 5) is 11.9. The van der Waals surface area contributed by atoms with Gasteiger partial charge in [0.25, 0.3) is 5.91 Å². The Morgan fingerprint density at radius 3 is 2.44 bits per heavy atom. The van der Waals surface area contributed by atoms with Crippen molar-refractivity contribution in [3.63, 3.8) is 0 Å². The van der Waals surface area contributed by atoms with E-state index in [0.717, 1.165) is 12.1 Å². The van der Waals surface area contributed by atoms with Crippen LogP contribution in [0.2, 0.25) is 0 Å². The molecule has 0 spiro atoms. The van der Waals surface area contributed by atoms with Crippen molar-refractivity contribution in [1.29, 1.82) is 0 Å². The minimum atomic E-state index is -0.809. The Hall–Kier alpha value is -1.69. The molecule has 2 aromatic rings. The lowest BCUT2D eigenvalue weighted by atomic mass is 10.2. The van der Waals surface area contributed by atoms with Gasteiger partial charge < -0.3 is 9.88 Å². The summed E-state index contributed by atoms with van der Waals surface area (Å²) in [5.74, 6) is -2.19. The van der Waals surface area contributed by atoms with Crippen LogP contribution in [0.15, 0.2) is 34.9 Å². The molecule has 2 rings (SSSR count). The summed E-state index contributed by atoms with van der Waals surface area (Å²) in [5, 5.41) is 2.22. The van der Waals surface area contributed by atoms with Crippen LogP contribution >= 0.6 is 15.9 Å². The number of benzene rings is 1. The molecule has 1 amide bonds. The van der Waals surface area contributed by atoms with Gasteiger partial charge in [0.15, 0.2) is 0 Å². The topological polar surface area (TPSA) is 34.0 Å². The summed E-state index contributed by atoms with van der Waals surface area (Å²) in [6.45, 7) is 0. The molecule has 0 aliphatic rings. The quantitative estimate of drug-likeness (QED) is 0.906. The number of para-hydroxylation sites is 1. The number of aryl methyl sites for hydroxylation is 1. The molecule has 0 aliphatic carbocycles. The predicted octanol–water partition coefficient (Wildman–Crippen LogP) is 3.32. The number of nitrogens with zero attached hydrogens (tertiary/aromatic N) is 1. The molecule has 1 heterocycles. The van der Waals surface area contributed by atoms with Gasteiger partial charge in [-0.1, -0.05) is 6.07 Å². The van der Waals surface area contributed by atoms with Gasteiger partial charge in [-0.3, -0.25) is 4.79 Å². The normalized spacial score (nSPS) is 10.4. The van der Waals surface area contributed by atoms with E-state index in [1.807, 2.05) is 0 Å². The number of hydrogen-bond acceptors (Lipinski definition) is 1. The molecule has 1 aromatic heterocycles. The molecule has 0 saturated heterocycles. The van der Waals surface area contributed by atoms with Crippen molar-refractivity contribution >= 4 is 27.5 Å². The van der Waals surface area contributed by atoms with Gasteiger partial charge in [0.05, 0.1) is 0 Å². The first kappa shape index (κ1) is 12.8. The zero-order chi connectivity index (χ0) is 13.3. The van der Waals surface area contributed by atoms with E-state index in [-0.39, 0.29) is 0 Å². The Kier molecular flexibility index (Phi) is 3.47. The number of nitrogens with one attached hydrogen (secondary N) is 1. The molecule has 94 valence electrons. The van der Waals surface area contributed by atoms with Gasteiger partial charge in [0.2, 0.25) is 0 Å². The van der Waals surface area contributed by atoms with E-state index in [1.165, 1.54) is 6.07 Å². The van der Waals surface area contributed by atoms with Crippen LogP contribution in [-0.4, -0.2) is 10.5 Å².